The van der Waals surface area contributed by atoms with E-state index >= 15 is 0 Å². The van der Waals surface area contributed by atoms with Gasteiger partial charge < -0.3 is 15.1 Å². The predicted molar refractivity (Wildman–Crippen MR) is 98.5 cm³/mol. The number of hydrogen-bond acceptors (Lipinski definition) is 3. The quantitative estimate of drug-likeness (QED) is 0.489. The van der Waals surface area contributed by atoms with Crippen LogP contribution in [0.2, 0.25) is 0 Å². The van der Waals surface area contributed by atoms with Gasteiger partial charge in [-0.1, -0.05) is 0 Å². The van der Waals surface area contributed by atoms with Gasteiger partial charge in [0.15, 0.2) is 5.11 Å². The van der Waals surface area contributed by atoms with E-state index in [1.165, 1.54) is 18.2 Å². The van der Waals surface area contributed by atoms with Crippen LogP contribution in [0, 0.1) is 6.92 Å². The molecule has 0 saturated carbocycles. The summed E-state index contributed by atoms with van der Waals surface area (Å²) in [6.07, 6.45) is -4.38. The number of benzene rings is 2. The normalized spacial score (nSPS) is 11.4. The van der Waals surface area contributed by atoms with Gasteiger partial charge in [0.2, 0.25) is 0 Å². The highest BCUT2D eigenvalue weighted by Gasteiger charge is 2.29. The third-order valence-corrected chi connectivity index (χ3v) is 3.88. The summed E-state index contributed by atoms with van der Waals surface area (Å²) in [5.41, 5.74) is 1.03. The van der Waals surface area contributed by atoms with Gasteiger partial charge in [-0.15, -0.1) is 0 Å². The maximum atomic E-state index is 12.6. The smallest absolute Gasteiger partial charge is 0.416 e. The van der Waals surface area contributed by atoms with Crippen molar-refractivity contribution in [3.8, 4) is 0 Å². The van der Waals surface area contributed by atoms with E-state index in [1.54, 1.807) is 18.2 Å². The molecule has 0 unspecified atom stereocenters. The van der Waals surface area contributed by atoms with E-state index in [4.69, 9.17) is 16.6 Å². The van der Waals surface area contributed by atoms with E-state index in [2.05, 4.69) is 10.6 Å². The summed E-state index contributed by atoms with van der Waals surface area (Å²) in [7, 11) is 0. The molecule has 2 N–H and O–H groups in total. The third kappa shape index (κ3) is 4.02. The van der Waals surface area contributed by atoms with Crippen molar-refractivity contribution < 1.29 is 17.6 Å². The van der Waals surface area contributed by atoms with Crippen molar-refractivity contribution in [2.24, 2.45) is 0 Å². The van der Waals surface area contributed by atoms with Gasteiger partial charge in [0, 0.05) is 28.9 Å². The minimum atomic E-state index is -4.38. The molecule has 2 aromatic carbocycles. The van der Waals surface area contributed by atoms with Crippen molar-refractivity contribution in [3.05, 3.63) is 70.1 Å². The maximum Gasteiger partial charge on any atom is 0.416 e. The summed E-state index contributed by atoms with van der Waals surface area (Å²) in [5, 5.41) is 6.70. The number of thiocarbonyl (C=S) groups is 1. The molecule has 4 nitrogen and oxygen atoms in total. The monoisotopic (exact) mass is 378 g/mol. The summed E-state index contributed by atoms with van der Waals surface area (Å²) in [6.45, 7) is 1.81. The number of nitrogens with one attached hydrogen (secondary N) is 2. The van der Waals surface area contributed by atoms with Crippen molar-refractivity contribution in [2.45, 2.75) is 13.1 Å². The van der Waals surface area contributed by atoms with Crippen molar-refractivity contribution in [1.82, 2.24) is 0 Å². The molecular formula is C18H13F3N2O2S. The molecule has 0 amide bonds. The van der Waals surface area contributed by atoms with Crippen molar-refractivity contribution >= 4 is 39.7 Å². The van der Waals surface area contributed by atoms with Gasteiger partial charge in [-0.2, -0.15) is 13.2 Å². The molecule has 0 saturated heterocycles. The highest BCUT2D eigenvalue weighted by Crippen LogP contribution is 2.29. The first-order chi connectivity index (χ1) is 12.2. The van der Waals surface area contributed by atoms with Crippen LogP contribution in [0.4, 0.5) is 24.5 Å². The summed E-state index contributed by atoms with van der Waals surface area (Å²) in [4.78, 5) is 11.5. The Bertz CT molecular complexity index is 1030. The fourth-order valence-electron chi connectivity index (χ4n) is 2.44. The van der Waals surface area contributed by atoms with E-state index < -0.39 is 17.4 Å². The van der Waals surface area contributed by atoms with E-state index in [-0.39, 0.29) is 5.11 Å². The zero-order valence-corrected chi connectivity index (χ0v) is 14.3. The molecule has 0 spiro atoms. The maximum absolute atomic E-state index is 12.6. The van der Waals surface area contributed by atoms with E-state index in [0.29, 0.717) is 17.0 Å². The molecule has 3 aromatic rings. The Labute approximate surface area is 151 Å². The minimum Gasteiger partial charge on any atom is -0.423 e. The first-order valence-electron chi connectivity index (χ1n) is 7.52. The zero-order chi connectivity index (χ0) is 18.9. The predicted octanol–water partition coefficient (Wildman–Crippen LogP) is 4.93. The van der Waals surface area contributed by atoms with Gasteiger partial charge in [0.25, 0.3) is 0 Å². The molecule has 0 aliphatic carbocycles. The van der Waals surface area contributed by atoms with Crippen molar-refractivity contribution in [3.63, 3.8) is 0 Å². The minimum absolute atomic E-state index is 0.194. The molecule has 1 aromatic heterocycles. The molecule has 0 bridgehead atoms. The molecule has 0 fully saturated rings. The van der Waals surface area contributed by atoms with Gasteiger partial charge in [-0.25, -0.2) is 4.79 Å². The van der Waals surface area contributed by atoms with Crippen LogP contribution in [0.5, 0.6) is 0 Å². The van der Waals surface area contributed by atoms with Crippen molar-refractivity contribution in [2.75, 3.05) is 10.6 Å². The molecule has 0 atom stereocenters. The third-order valence-electron chi connectivity index (χ3n) is 3.68. The Hall–Kier alpha value is -2.87. The van der Waals surface area contributed by atoms with Gasteiger partial charge in [0.1, 0.15) is 5.58 Å². The van der Waals surface area contributed by atoms with E-state index in [1.807, 2.05) is 6.92 Å². The Morgan fingerprint density at radius 3 is 2.27 bits per heavy atom. The molecule has 0 aliphatic rings. The number of fused-ring (bicyclic) bond motifs is 1. The standard InChI is InChI=1S/C18H13F3N2O2S/c1-10-8-16(24)25-15-9-13(6-7-14(10)15)23-17(26)22-12-4-2-11(3-5-12)18(19,20)21/h2-9H,1H3,(H2,22,23,26). The van der Waals surface area contributed by atoms with Crippen LogP contribution in [0.3, 0.4) is 0 Å². The van der Waals surface area contributed by atoms with E-state index in [0.717, 1.165) is 23.1 Å². The van der Waals surface area contributed by atoms with Crippen LogP contribution < -0.4 is 16.3 Å². The average Bonchev–Trinajstić information content (AvgIpc) is 2.53. The lowest BCUT2D eigenvalue weighted by Crippen LogP contribution is -2.19. The van der Waals surface area contributed by atoms with Crippen LogP contribution in [-0.2, 0) is 6.18 Å². The average molecular weight is 378 g/mol. The Morgan fingerprint density at radius 2 is 1.62 bits per heavy atom. The molecule has 0 radical (unpaired) electrons. The van der Waals surface area contributed by atoms with Gasteiger partial charge in [0.05, 0.1) is 5.56 Å². The van der Waals surface area contributed by atoms with Gasteiger partial charge >= 0.3 is 11.8 Å². The number of anilines is 2. The first kappa shape index (κ1) is 17.9. The molecule has 1 heterocycles. The molecule has 26 heavy (non-hydrogen) atoms. The topological polar surface area (TPSA) is 54.3 Å². The van der Waals surface area contributed by atoms with Crippen LogP contribution in [-0.4, -0.2) is 5.11 Å². The number of hydrogen-bond donors (Lipinski definition) is 2. The highest BCUT2D eigenvalue weighted by molar-refractivity contribution is 7.80. The highest BCUT2D eigenvalue weighted by atomic mass is 32.1. The second-order valence-electron chi connectivity index (χ2n) is 5.61. The van der Waals surface area contributed by atoms with Crippen LogP contribution in [0.1, 0.15) is 11.1 Å². The Kier molecular flexibility index (Phi) is 4.69. The van der Waals surface area contributed by atoms with E-state index in [9.17, 15) is 18.0 Å². The number of aryl methyl sites for hydroxylation is 1. The van der Waals surface area contributed by atoms with Crippen molar-refractivity contribution in [1.29, 1.82) is 0 Å². The lowest BCUT2D eigenvalue weighted by molar-refractivity contribution is -0.137. The SMILES string of the molecule is Cc1cc(=O)oc2cc(NC(=S)Nc3ccc(C(F)(F)F)cc3)ccc12. The lowest BCUT2D eigenvalue weighted by atomic mass is 10.1. The van der Waals surface area contributed by atoms with Crippen LogP contribution >= 0.6 is 12.2 Å². The first-order valence-corrected chi connectivity index (χ1v) is 7.93. The molecular weight excluding hydrogens is 365 g/mol. The van der Waals surface area contributed by atoms with Gasteiger partial charge in [-0.05, 0) is 61.1 Å². The van der Waals surface area contributed by atoms with Gasteiger partial charge in [-0.3, -0.25) is 0 Å². The summed E-state index contributed by atoms with van der Waals surface area (Å²) >= 11 is 5.16. The second-order valence-corrected chi connectivity index (χ2v) is 6.02. The zero-order valence-electron chi connectivity index (χ0n) is 13.5. The van der Waals surface area contributed by atoms with Crippen LogP contribution in [0.15, 0.2) is 57.7 Å². The Morgan fingerprint density at radius 1 is 1.00 bits per heavy atom. The molecule has 0 aliphatic heterocycles. The summed E-state index contributed by atoms with van der Waals surface area (Å²) in [5.74, 6) is 0. The summed E-state index contributed by atoms with van der Waals surface area (Å²) < 4.78 is 42.9. The fourth-order valence-corrected chi connectivity index (χ4v) is 2.67. The molecule has 134 valence electrons. The number of alkyl halides is 3. The molecule has 3 rings (SSSR count). The number of rotatable bonds is 2. The fraction of sp³-hybridized carbons (Fsp3) is 0.111. The van der Waals surface area contributed by atoms with Crippen LogP contribution in [0.25, 0.3) is 11.0 Å². The summed E-state index contributed by atoms with van der Waals surface area (Å²) in [6, 6.07) is 11.1. The lowest BCUT2D eigenvalue weighted by Gasteiger charge is -2.12. The number of halogens is 3. The largest absolute Gasteiger partial charge is 0.423 e. The second kappa shape index (κ2) is 6.80. The Balaban J connectivity index is 1.74. The molecule has 8 heteroatoms.